The Kier molecular flexibility index (Phi) is 7.98. The maximum Gasteiger partial charge on any atom is 0.188 e. The van der Waals surface area contributed by atoms with E-state index in [2.05, 4.69) is 53.7 Å². The summed E-state index contributed by atoms with van der Waals surface area (Å²) in [4.78, 5) is 1.07. The van der Waals surface area contributed by atoms with Gasteiger partial charge in [-0.3, -0.25) is 0 Å². The molecule has 0 radical (unpaired) electrons. The van der Waals surface area contributed by atoms with Gasteiger partial charge in [-0.2, -0.15) is 0 Å². The minimum Gasteiger partial charge on any atom is -0.454 e. The highest BCUT2D eigenvalue weighted by molar-refractivity contribution is 7.87. The van der Waals surface area contributed by atoms with Crippen molar-refractivity contribution < 1.29 is 14.0 Å². The third-order valence-corrected chi connectivity index (χ3v) is 14.2. The summed E-state index contributed by atoms with van der Waals surface area (Å²) < 4.78 is 31.7. The van der Waals surface area contributed by atoms with Crippen molar-refractivity contribution in [1.29, 1.82) is 0 Å². The minimum absolute atomic E-state index is 0.435. The van der Waals surface area contributed by atoms with E-state index >= 15 is 4.57 Å². The highest BCUT2D eigenvalue weighted by Crippen LogP contribution is 2.61. The molecule has 0 N–H and O–H groups in total. The standard InChI is InChI=1S/C50H27O3PS/c51-54-47-40(26-23-36-17-9-3-10-18-36)28-27-38(24-21-34-13-5-1-6-14-34)45(47)52-42-31-29-39(25-22-35-15-7-2-8-16-35)46(48(42)54)53-43-32-30-41-33-44(55-50(41)49(43)54)37-19-11-4-12-20-37/h1-20,27-33H. The average Bonchev–Trinajstić information content (AvgIpc) is 3.68. The Bertz CT molecular complexity index is 3060. The molecule has 0 saturated heterocycles. The predicted octanol–water partition coefficient (Wildman–Crippen LogP) is 10.6. The molecule has 1 atom stereocenters. The first-order valence-electron chi connectivity index (χ1n) is 17.8. The average molecular weight is 739 g/mol. The van der Waals surface area contributed by atoms with E-state index in [9.17, 15) is 0 Å². The molecule has 1 unspecified atom stereocenters. The summed E-state index contributed by atoms with van der Waals surface area (Å²) >= 11 is 1.62. The van der Waals surface area contributed by atoms with Gasteiger partial charge in [0.25, 0.3) is 0 Å². The number of rotatable bonds is 1. The zero-order chi connectivity index (χ0) is 36.8. The fraction of sp³-hybridized carbons (Fsp3) is 0. The molecule has 2 aliphatic rings. The minimum atomic E-state index is -3.82. The van der Waals surface area contributed by atoms with E-state index in [1.807, 2.05) is 146 Å². The van der Waals surface area contributed by atoms with Gasteiger partial charge in [-0.15, -0.1) is 11.3 Å². The summed E-state index contributed by atoms with van der Waals surface area (Å²) in [6, 6.07) is 53.4. The molecule has 2 aliphatic heterocycles. The summed E-state index contributed by atoms with van der Waals surface area (Å²) in [5.74, 6) is 21.9. The van der Waals surface area contributed by atoms with Crippen molar-refractivity contribution in [2.75, 3.05) is 0 Å². The van der Waals surface area contributed by atoms with Gasteiger partial charge < -0.3 is 14.0 Å². The van der Waals surface area contributed by atoms with Crippen molar-refractivity contribution in [3.63, 3.8) is 0 Å². The van der Waals surface area contributed by atoms with Crippen LogP contribution in [0.25, 0.3) is 20.5 Å². The van der Waals surface area contributed by atoms with Gasteiger partial charge in [0.15, 0.2) is 18.6 Å². The van der Waals surface area contributed by atoms with Crippen LogP contribution in [0, 0.1) is 35.5 Å². The van der Waals surface area contributed by atoms with Gasteiger partial charge >= 0.3 is 0 Å². The Balaban J connectivity index is 1.28. The molecular formula is C50H27O3PS. The van der Waals surface area contributed by atoms with Gasteiger partial charge in [-0.25, -0.2) is 0 Å². The molecule has 256 valence electrons. The van der Waals surface area contributed by atoms with Crippen molar-refractivity contribution in [1.82, 2.24) is 0 Å². The normalized spacial score (nSPS) is 14.2. The number of fused-ring (bicyclic) bond motifs is 6. The third-order valence-electron chi connectivity index (χ3n) is 9.62. The van der Waals surface area contributed by atoms with Crippen molar-refractivity contribution in [2.24, 2.45) is 0 Å². The second-order valence-corrected chi connectivity index (χ2v) is 16.7. The molecule has 8 aromatic rings. The smallest absolute Gasteiger partial charge is 0.188 e. The van der Waals surface area contributed by atoms with Crippen LogP contribution in [0.15, 0.2) is 164 Å². The van der Waals surface area contributed by atoms with Crippen LogP contribution in [-0.4, -0.2) is 0 Å². The fourth-order valence-electron chi connectivity index (χ4n) is 7.06. The van der Waals surface area contributed by atoms with Crippen LogP contribution < -0.4 is 25.4 Å². The molecule has 0 bridgehead atoms. The summed E-state index contributed by atoms with van der Waals surface area (Å²) in [6.07, 6.45) is 0. The summed E-state index contributed by atoms with van der Waals surface area (Å²) in [5, 5.41) is 2.63. The van der Waals surface area contributed by atoms with Gasteiger partial charge in [0.1, 0.15) is 16.8 Å². The maximum absolute atomic E-state index is 17.1. The predicted molar refractivity (Wildman–Crippen MR) is 224 cm³/mol. The van der Waals surface area contributed by atoms with E-state index in [1.54, 1.807) is 11.3 Å². The van der Waals surface area contributed by atoms with Crippen molar-refractivity contribution in [3.05, 3.63) is 197 Å². The fourth-order valence-corrected chi connectivity index (χ4v) is 12.0. The molecule has 1 aromatic heterocycles. The second-order valence-electron chi connectivity index (χ2n) is 13.1. The number of hydrogen-bond acceptors (Lipinski definition) is 4. The van der Waals surface area contributed by atoms with E-state index in [0.717, 1.165) is 37.2 Å². The van der Waals surface area contributed by atoms with Crippen molar-refractivity contribution in [3.8, 4) is 69.0 Å². The highest BCUT2D eigenvalue weighted by atomic mass is 32.1. The lowest BCUT2D eigenvalue weighted by Gasteiger charge is -2.36. The van der Waals surface area contributed by atoms with E-state index in [-0.39, 0.29) is 0 Å². The Morgan fingerprint density at radius 1 is 0.436 bits per heavy atom. The quantitative estimate of drug-likeness (QED) is 0.124. The first-order valence-corrected chi connectivity index (χ1v) is 20.3. The third kappa shape index (κ3) is 5.72. The molecule has 0 saturated carbocycles. The van der Waals surface area contributed by atoms with Crippen molar-refractivity contribution in [2.45, 2.75) is 0 Å². The van der Waals surface area contributed by atoms with Crippen LogP contribution in [0.4, 0.5) is 0 Å². The lowest BCUT2D eigenvalue weighted by atomic mass is 10.1. The lowest BCUT2D eigenvalue weighted by molar-refractivity contribution is 0.460. The van der Waals surface area contributed by atoms with Crippen LogP contribution in [0.2, 0.25) is 0 Å². The Labute approximate surface area is 323 Å². The van der Waals surface area contributed by atoms with Crippen LogP contribution in [-0.2, 0) is 4.57 Å². The van der Waals surface area contributed by atoms with Crippen LogP contribution in [0.3, 0.4) is 0 Å². The maximum atomic E-state index is 17.1. The SMILES string of the molecule is O=P12c3c(C#Cc4ccccc4)ccc(C#Cc4ccccc4)c3Oc3ccc(C#Cc4ccccc4)c(c31)Oc1ccc3cc(-c4ccccc4)sc3c12. The summed E-state index contributed by atoms with van der Waals surface area (Å²) in [7, 11) is -3.82. The lowest BCUT2D eigenvalue weighted by Crippen LogP contribution is -2.37. The Morgan fingerprint density at radius 2 is 0.891 bits per heavy atom. The van der Waals surface area contributed by atoms with Gasteiger partial charge in [-0.05, 0) is 89.8 Å². The molecule has 0 aliphatic carbocycles. The molecule has 55 heavy (non-hydrogen) atoms. The topological polar surface area (TPSA) is 35.5 Å². The van der Waals surface area contributed by atoms with Crippen LogP contribution >= 0.6 is 18.5 Å². The Hall–Kier alpha value is -6.99. The molecule has 0 fully saturated rings. The largest absolute Gasteiger partial charge is 0.454 e. The van der Waals surface area contributed by atoms with Gasteiger partial charge in [-0.1, -0.05) is 120 Å². The second kappa shape index (κ2) is 13.5. The molecule has 7 aromatic carbocycles. The Morgan fingerprint density at radius 3 is 1.47 bits per heavy atom. The number of ether oxygens (including phenoxy) is 2. The molecule has 5 heteroatoms. The van der Waals surface area contributed by atoms with Gasteiger partial charge in [0, 0.05) is 27.1 Å². The van der Waals surface area contributed by atoms with E-state index in [1.165, 1.54) is 0 Å². The zero-order valence-electron chi connectivity index (χ0n) is 29.2. The van der Waals surface area contributed by atoms with Gasteiger partial charge in [0.05, 0.1) is 26.4 Å². The number of thiophene rings is 1. The molecule has 3 nitrogen and oxygen atoms in total. The van der Waals surface area contributed by atoms with Gasteiger partial charge in [0.2, 0.25) is 0 Å². The van der Waals surface area contributed by atoms with Crippen LogP contribution in [0.1, 0.15) is 33.4 Å². The van der Waals surface area contributed by atoms with E-state index in [4.69, 9.17) is 9.47 Å². The zero-order valence-corrected chi connectivity index (χ0v) is 30.9. The molecular weight excluding hydrogens is 712 g/mol. The number of benzene rings is 7. The monoisotopic (exact) mass is 738 g/mol. The van der Waals surface area contributed by atoms with Crippen molar-refractivity contribution >= 4 is 44.5 Å². The molecule has 3 heterocycles. The first-order chi connectivity index (χ1) is 27.1. The molecule has 10 rings (SSSR count). The highest BCUT2D eigenvalue weighted by Gasteiger charge is 2.50. The van der Waals surface area contributed by atoms with E-state index in [0.29, 0.717) is 55.6 Å². The van der Waals surface area contributed by atoms with Crippen LogP contribution in [0.5, 0.6) is 23.0 Å². The summed E-state index contributed by atoms with van der Waals surface area (Å²) in [5.41, 5.74) is 5.51. The first kappa shape index (κ1) is 32.6. The van der Waals surface area contributed by atoms with E-state index < -0.39 is 7.14 Å². The molecule has 0 amide bonds. The summed E-state index contributed by atoms with van der Waals surface area (Å²) in [6.45, 7) is 0. The number of hydrogen-bond donors (Lipinski definition) is 0. The molecule has 0 spiro atoms.